The summed E-state index contributed by atoms with van der Waals surface area (Å²) in [6, 6.07) is 16.5. The first-order chi connectivity index (χ1) is 10.6. The lowest BCUT2D eigenvalue weighted by atomic mass is 9.91. The highest BCUT2D eigenvalue weighted by Crippen LogP contribution is 2.33. The van der Waals surface area contributed by atoms with Gasteiger partial charge in [0.05, 0.1) is 7.11 Å². The van der Waals surface area contributed by atoms with Crippen LogP contribution in [0.15, 0.2) is 54.6 Å². The number of nitrogens with zero attached hydrogens (tertiary/aromatic N) is 1. The van der Waals surface area contributed by atoms with Crippen LogP contribution in [-0.2, 0) is 15.4 Å². The molecule has 0 bridgehead atoms. The van der Waals surface area contributed by atoms with E-state index >= 15 is 0 Å². The quantitative estimate of drug-likeness (QED) is 0.378. The Morgan fingerprint density at radius 2 is 1.77 bits per heavy atom. The summed E-state index contributed by atoms with van der Waals surface area (Å²) in [7, 11) is 1.59. The van der Waals surface area contributed by atoms with E-state index in [4.69, 9.17) is 14.5 Å². The molecule has 0 aliphatic carbocycles. The Bertz CT molecular complexity index is 682. The number of methoxy groups -OCH3 is 1. The van der Waals surface area contributed by atoms with Gasteiger partial charge in [-0.3, -0.25) is 0 Å². The van der Waals surface area contributed by atoms with Crippen molar-refractivity contribution in [3.05, 3.63) is 65.4 Å². The van der Waals surface area contributed by atoms with Crippen LogP contribution in [0, 0.1) is 5.21 Å². The van der Waals surface area contributed by atoms with Gasteiger partial charge in [0.2, 0.25) is 17.0 Å². The number of benzene rings is 2. The number of hydrogen-bond donors (Lipinski definition) is 0. The van der Waals surface area contributed by atoms with E-state index in [0.29, 0.717) is 17.1 Å². The third-order valence-electron chi connectivity index (χ3n) is 3.85. The highest BCUT2D eigenvalue weighted by atomic mass is 17.2. The van der Waals surface area contributed by atoms with Crippen LogP contribution in [0.1, 0.15) is 12.5 Å². The Hall–Kier alpha value is -2.37. The molecule has 0 spiro atoms. The topological polar surface area (TPSA) is 53.8 Å². The molecule has 3 rings (SSSR count). The maximum atomic E-state index is 12.7. The predicted octanol–water partition coefficient (Wildman–Crippen LogP) is 3.16. The van der Waals surface area contributed by atoms with Crippen LogP contribution in [-0.4, -0.2) is 24.2 Å². The summed E-state index contributed by atoms with van der Waals surface area (Å²) >= 11 is 0. The average molecular weight is 299 g/mol. The monoisotopic (exact) mass is 299 g/mol. The number of hydrogen-bond acceptors (Lipinski definition) is 4. The Labute approximate surface area is 128 Å². The third kappa shape index (κ3) is 2.45. The first-order valence-electron chi connectivity index (χ1n) is 6.99. The molecular weight excluding hydrogens is 282 g/mol. The van der Waals surface area contributed by atoms with Crippen LogP contribution >= 0.6 is 0 Å². The molecule has 0 amide bonds. The molecule has 0 radical (unpaired) electrons. The van der Waals surface area contributed by atoms with E-state index in [2.05, 4.69) is 0 Å². The first kappa shape index (κ1) is 14.6. The van der Waals surface area contributed by atoms with E-state index in [1.165, 1.54) is 0 Å². The van der Waals surface area contributed by atoms with Gasteiger partial charge >= 0.3 is 0 Å². The molecule has 1 atom stereocenters. The molecule has 1 heterocycles. The molecule has 2 aromatic carbocycles. The van der Waals surface area contributed by atoms with Crippen molar-refractivity contribution in [2.75, 3.05) is 13.7 Å². The van der Waals surface area contributed by atoms with Crippen molar-refractivity contribution in [1.29, 1.82) is 0 Å². The van der Waals surface area contributed by atoms with Gasteiger partial charge in [-0.15, -0.1) is 0 Å². The van der Waals surface area contributed by atoms with Gasteiger partial charge in [-0.25, -0.2) is 9.78 Å². The largest absolute Gasteiger partial charge is 0.618 e. The molecule has 0 N–H and O–H groups in total. The second-order valence-corrected chi connectivity index (χ2v) is 5.18. The van der Waals surface area contributed by atoms with Gasteiger partial charge in [-0.1, -0.05) is 30.3 Å². The normalized spacial score (nSPS) is 23.4. The van der Waals surface area contributed by atoms with E-state index in [0.717, 1.165) is 10.3 Å². The molecule has 5 nitrogen and oxygen atoms in total. The van der Waals surface area contributed by atoms with Crippen LogP contribution < -0.4 is 4.74 Å². The van der Waals surface area contributed by atoms with E-state index in [9.17, 15) is 5.21 Å². The number of ether oxygens (including phenoxy) is 1. The van der Waals surface area contributed by atoms with Crippen LogP contribution in [0.3, 0.4) is 0 Å². The second-order valence-electron chi connectivity index (χ2n) is 5.18. The molecule has 0 unspecified atom stereocenters. The summed E-state index contributed by atoms with van der Waals surface area (Å²) in [5, 5.41) is 12.7. The minimum Gasteiger partial charge on any atom is -0.618 e. The summed E-state index contributed by atoms with van der Waals surface area (Å²) in [4.78, 5) is 10.5. The summed E-state index contributed by atoms with van der Waals surface area (Å²) in [5.41, 5.74) is 0.982. The highest BCUT2D eigenvalue weighted by Gasteiger charge is 2.47. The Morgan fingerprint density at radius 3 is 2.41 bits per heavy atom. The van der Waals surface area contributed by atoms with E-state index in [-0.39, 0.29) is 6.61 Å². The van der Waals surface area contributed by atoms with Crippen molar-refractivity contribution < 1.29 is 19.3 Å². The fourth-order valence-corrected chi connectivity index (χ4v) is 2.49. The maximum Gasteiger partial charge on any atom is 0.238 e. The van der Waals surface area contributed by atoms with Crippen LogP contribution in [0.5, 0.6) is 5.75 Å². The standard InChI is InChI=1S/C17H17NO4/c1-17(13-6-4-3-5-7-13)16(12-21-22-17)18(19)14-8-10-15(20-2)11-9-14/h3-11H,12H2,1-2H3/b18-16-/t17-/m1/s1. The van der Waals surface area contributed by atoms with Crippen molar-refractivity contribution in [3.63, 3.8) is 0 Å². The van der Waals surface area contributed by atoms with Gasteiger partial charge < -0.3 is 9.94 Å². The van der Waals surface area contributed by atoms with E-state index in [1.54, 1.807) is 31.4 Å². The van der Waals surface area contributed by atoms with Gasteiger partial charge in [-0.05, 0) is 24.6 Å². The molecule has 1 fully saturated rings. The summed E-state index contributed by atoms with van der Waals surface area (Å²) in [6.45, 7) is 1.96. The molecule has 114 valence electrons. The summed E-state index contributed by atoms with van der Waals surface area (Å²) < 4.78 is 5.97. The van der Waals surface area contributed by atoms with Crippen molar-refractivity contribution in [2.24, 2.45) is 0 Å². The average Bonchev–Trinajstić information content (AvgIpc) is 2.98. The molecule has 5 heteroatoms. The van der Waals surface area contributed by atoms with Crippen molar-refractivity contribution in [1.82, 2.24) is 0 Å². The molecule has 2 aromatic rings. The first-order valence-corrected chi connectivity index (χ1v) is 6.99. The zero-order chi connectivity index (χ0) is 15.6. The van der Waals surface area contributed by atoms with Gasteiger partial charge in [0.25, 0.3) is 0 Å². The lowest BCUT2D eigenvalue weighted by Gasteiger charge is -2.21. The lowest BCUT2D eigenvalue weighted by Crippen LogP contribution is -2.34. The Kier molecular flexibility index (Phi) is 3.83. The fourth-order valence-electron chi connectivity index (χ4n) is 2.49. The van der Waals surface area contributed by atoms with E-state index < -0.39 is 5.60 Å². The van der Waals surface area contributed by atoms with E-state index in [1.807, 2.05) is 37.3 Å². The molecule has 1 saturated heterocycles. The van der Waals surface area contributed by atoms with Crippen LogP contribution in [0.4, 0.5) is 5.69 Å². The van der Waals surface area contributed by atoms with Gasteiger partial charge in [0.1, 0.15) is 5.75 Å². The predicted molar refractivity (Wildman–Crippen MR) is 82.1 cm³/mol. The van der Waals surface area contributed by atoms with Gasteiger partial charge in [0, 0.05) is 12.1 Å². The molecular formula is C17H17NO4. The molecule has 0 saturated carbocycles. The SMILES string of the molecule is COc1ccc(/[N+]([O-])=C2\COO[C@]2(C)c2ccccc2)cc1. The molecule has 1 aliphatic heterocycles. The summed E-state index contributed by atoms with van der Waals surface area (Å²) in [5.74, 6) is 0.701. The molecule has 1 aliphatic rings. The molecule has 22 heavy (non-hydrogen) atoms. The van der Waals surface area contributed by atoms with Crippen molar-refractivity contribution in [3.8, 4) is 5.75 Å². The Morgan fingerprint density at radius 1 is 1.09 bits per heavy atom. The minimum absolute atomic E-state index is 0.126. The van der Waals surface area contributed by atoms with Crippen LogP contribution in [0.25, 0.3) is 0 Å². The fraction of sp³-hybridized carbons (Fsp3) is 0.235. The Balaban J connectivity index is 2.03. The van der Waals surface area contributed by atoms with Crippen molar-refractivity contribution in [2.45, 2.75) is 12.5 Å². The zero-order valence-electron chi connectivity index (χ0n) is 12.5. The zero-order valence-corrected chi connectivity index (χ0v) is 12.5. The number of rotatable bonds is 3. The van der Waals surface area contributed by atoms with Crippen LogP contribution in [0.2, 0.25) is 0 Å². The molecule has 0 aromatic heterocycles. The summed E-state index contributed by atoms with van der Waals surface area (Å²) in [6.07, 6.45) is 0. The highest BCUT2D eigenvalue weighted by molar-refractivity contribution is 5.92. The third-order valence-corrected chi connectivity index (χ3v) is 3.85. The smallest absolute Gasteiger partial charge is 0.238 e. The van der Waals surface area contributed by atoms with Crippen molar-refractivity contribution >= 4 is 11.4 Å². The minimum atomic E-state index is -0.900. The second kappa shape index (κ2) is 5.79. The lowest BCUT2D eigenvalue weighted by molar-refractivity contribution is -0.368. The van der Waals surface area contributed by atoms with Gasteiger partial charge in [-0.2, -0.15) is 4.74 Å². The van der Waals surface area contributed by atoms with Gasteiger partial charge in [0.15, 0.2) is 6.61 Å². The maximum absolute atomic E-state index is 12.7.